The highest BCUT2D eigenvalue weighted by atomic mass is 127. The number of rotatable bonds is 4. The van der Waals surface area contributed by atoms with E-state index in [-0.39, 0.29) is 35.8 Å². The first-order valence-corrected chi connectivity index (χ1v) is 9.51. The summed E-state index contributed by atoms with van der Waals surface area (Å²) < 4.78 is 0. The van der Waals surface area contributed by atoms with Gasteiger partial charge in [0.1, 0.15) is 0 Å². The SMILES string of the molecule is CN=C(NCc1cccc(NC(=O)C2CCC2)c1)N1CCC(C)CC1.I. The van der Waals surface area contributed by atoms with Crippen LogP contribution in [0.15, 0.2) is 29.3 Å². The maximum Gasteiger partial charge on any atom is 0.227 e. The summed E-state index contributed by atoms with van der Waals surface area (Å²) in [5, 5.41) is 6.51. The van der Waals surface area contributed by atoms with Crippen molar-refractivity contribution in [3.8, 4) is 0 Å². The third-order valence-electron chi connectivity index (χ3n) is 5.42. The van der Waals surface area contributed by atoms with Gasteiger partial charge in [-0.05, 0) is 49.3 Å². The Bertz CT molecular complexity index is 622. The summed E-state index contributed by atoms with van der Waals surface area (Å²) in [7, 11) is 1.84. The summed E-state index contributed by atoms with van der Waals surface area (Å²) >= 11 is 0. The van der Waals surface area contributed by atoms with Gasteiger partial charge in [0.15, 0.2) is 5.96 Å². The van der Waals surface area contributed by atoms with Crippen molar-refractivity contribution in [3.05, 3.63) is 29.8 Å². The Balaban J connectivity index is 0.00000243. The molecule has 1 amide bonds. The molecule has 0 atom stereocenters. The molecule has 1 aliphatic heterocycles. The minimum atomic E-state index is 0. The number of piperidine rings is 1. The summed E-state index contributed by atoms with van der Waals surface area (Å²) in [6.07, 6.45) is 5.68. The molecule has 0 spiro atoms. The van der Waals surface area contributed by atoms with Crippen molar-refractivity contribution in [2.45, 2.75) is 45.6 Å². The molecule has 3 rings (SSSR count). The molecule has 1 saturated carbocycles. The first-order valence-electron chi connectivity index (χ1n) is 9.51. The van der Waals surface area contributed by atoms with Gasteiger partial charge in [-0.1, -0.05) is 25.5 Å². The van der Waals surface area contributed by atoms with Gasteiger partial charge in [0.25, 0.3) is 0 Å². The zero-order valence-electron chi connectivity index (χ0n) is 15.8. The fraction of sp³-hybridized carbons (Fsp3) is 0.600. The number of likely N-dealkylation sites (tertiary alicyclic amines) is 1. The van der Waals surface area contributed by atoms with Crippen LogP contribution in [-0.4, -0.2) is 36.9 Å². The minimum absolute atomic E-state index is 0. The van der Waals surface area contributed by atoms with Crippen LogP contribution >= 0.6 is 24.0 Å². The number of carbonyl (C=O) groups excluding carboxylic acids is 1. The fourth-order valence-corrected chi connectivity index (χ4v) is 3.41. The Hall–Kier alpha value is -1.31. The second kappa shape index (κ2) is 10.1. The molecule has 0 radical (unpaired) electrons. The average Bonchev–Trinajstić information content (AvgIpc) is 2.55. The number of halogens is 1. The lowest BCUT2D eigenvalue weighted by atomic mass is 9.85. The smallest absolute Gasteiger partial charge is 0.227 e. The molecular formula is C20H31IN4O. The summed E-state index contributed by atoms with van der Waals surface area (Å²) in [5.41, 5.74) is 2.04. The van der Waals surface area contributed by atoms with Gasteiger partial charge >= 0.3 is 0 Å². The maximum absolute atomic E-state index is 12.1. The number of guanidine groups is 1. The molecule has 2 aliphatic rings. The van der Waals surface area contributed by atoms with Crippen molar-refractivity contribution in [1.29, 1.82) is 0 Å². The zero-order valence-corrected chi connectivity index (χ0v) is 18.2. The molecule has 26 heavy (non-hydrogen) atoms. The molecule has 1 aromatic rings. The van der Waals surface area contributed by atoms with Gasteiger partial charge in [0.05, 0.1) is 0 Å². The average molecular weight is 470 g/mol. The number of anilines is 1. The van der Waals surface area contributed by atoms with Crippen molar-refractivity contribution in [2.24, 2.45) is 16.8 Å². The van der Waals surface area contributed by atoms with Crippen LogP contribution in [0.4, 0.5) is 5.69 Å². The predicted molar refractivity (Wildman–Crippen MR) is 118 cm³/mol. The highest BCUT2D eigenvalue weighted by Gasteiger charge is 2.25. The van der Waals surface area contributed by atoms with Crippen molar-refractivity contribution in [1.82, 2.24) is 10.2 Å². The Morgan fingerprint density at radius 2 is 1.96 bits per heavy atom. The standard InChI is InChI=1S/C20H30N4O.HI/c1-15-9-11-24(12-10-15)20(21-2)22-14-16-5-3-8-18(13-16)23-19(25)17-6-4-7-17;/h3,5,8,13,15,17H,4,6-7,9-12,14H2,1-2H3,(H,21,22)(H,23,25);1H. The van der Waals surface area contributed by atoms with Gasteiger partial charge in [-0.15, -0.1) is 24.0 Å². The minimum Gasteiger partial charge on any atom is -0.352 e. The molecule has 5 nitrogen and oxygen atoms in total. The van der Waals surface area contributed by atoms with Crippen LogP contribution in [0.25, 0.3) is 0 Å². The van der Waals surface area contributed by atoms with Gasteiger partial charge < -0.3 is 15.5 Å². The Kier molecular flexibility index (Phi) is 8.18. The van der Waals surface area contributed by atoms with Gasteiger partial charge in [-0.2, -0.15) is 0 Å². The van der Waals surface area contributed by atoms with E-state index in [1.165, 1.54) is 19.3 Å². The summed E-state index contributed by atoms with van der Waals surface area (Å²) in [5.74, 6) is 2.15. The van der Waals surface area contributed by atoms with E-state index < -0.39 is 0 Å². The Labute approximate surface area is 174 Å². The van der Waals surface area contributed by atoms with Crippen LogP contribution in [-0.2, 0) is 11.3 Å². The summed E-state index contributed by atoms with van der Waals surface area (Å²) in [6, 6.07) is 8.09. The second-order valence-electron chi connectivity index (χ2n) is 7.39. The predicted octanol–water partition coefficient (Wildman–Crippen LogP) is 3.85. The van der Waals surface area contributed by atoms with E-state index in [4.69, 9.17) is 0 Å². The molecule has 0 unspecified atom stereocenters. The maximum atomic E-state index is 12.1. The lowest BCUT2D eigenvalue weighted by molar-refractivity contribution is -0.122. The molecule has 1 saturated heterocycles. The molecular weight excluding hydrogens is 439 g/mol. The topological polar surface area (TPSA) is 56.7 Å². The number of hydrogen-bond donors (Lipinski definition) is 2. The van der Waals surface area contributed by atoms with E-state index in [0.717, 1.165) is 49.1 Å². The van der Waals surface area contributed by atoms with Crippen LogP contribution in [0, 0.1) is 11.8 Å². The van der Waals surface area contributed by atoms with Crippen molar-refractivity contribution < 1.29 is 4.79 Å². The number of nitrogens with one attached hydrogen (secondary N) is 2. The number of aliphatic imine (C=N–C) groups is 1. The van der Waals surface area contributed by atoms with E-state index in [2.05, 4.69) is 39.6 Å². The van der Waals surface area contributed by atoms with E-state index >= 15 is 0 Å². The van der Waals surface area contributed by atoms with Gasteiger partial charge in [0.2, 0.25) is 5.91 Å². The molecule has 1 aliphatic carbocycles. The Morgan fingerprint density at radius 3 is 2.58 bits per heavy atom. The zero-order chi connectivity index (χ0) is 17.6. The molecule has 0 bridgehead atoms. The molecule has 2 fully saturated rings. The number of benzene rings is 1. The van der Waals surface area contributed by atoms with E-state index in [0.29, 0.717) is 6.54 Å². The first-order chi connectivity index (χ1) is 12.2. The highest BCUT2D eigenvalue weighted by molar-refractivity contribution is 14.0. The molecule has 0 aromatic heterocycles. The monoisotopic (exact) mass is 470 g/mol. The lowest BCUT2D eigenvalue weighted by Crippen LogP contribution is -2.45. The quantitative estimate of drug-likeness (QED) is 0.400. The molecule has 6 heteroatoms. The van der Waals surface area contributed by atoms with Gasteiger partial charge in [0, 0.05) is 38.3 Å². The summed E-state index contributed by atoms with van der Waals surface area (Å²) in [4.78, 5) is 18.9. The lowest BCUT2D eigenvalue weighted by Gasteiger charge is -2.33. The summed E-state index contributed by atoms with van der Waals surface area (Å²) in [6.45, 7) is 5.17. The molecule has 144 valence electrons. The van der Waals surface area contributed by atoms with E-state index in [1.54, 1.807) is 0 Å². The van der Waals surface area contributed by atoms with Crippen LogP contribution in [0.2, 0.25) is 0 Å². The van der Waals surface area contributed by atoms with Crippen LogP contribution < -0.4 is 10.6 Å². The third kappa shape index (κ3) is 5.59. The third-order valence-corrected chi connectivity index (χ3v) is 5.42. The molecule has 1 aromatic carbocycles. The second-order valence-corrected chi connectivity index (χ2v) is 7.39. The van der Waals surface area contributed by atoms with Crippen molar-refractivity contribution in [2.75, 3.05) is 25.5 Å². The highest BCUT2D eigenvalue weighted by Crippen LogP contribution is 2.27. The fourth-order valence-electron chi connectivity index (χ4n) is 3.41. The number of carbonyl (C=O) groups is 1. The van der Waals surface area contributed by atoms with Crippen molar-refractivity contribution in [3.63, 3.8) is 0 Å². The van der Waals surface area contributed by atoms with Gasteiger partial charge in [-0.3, -0.25) is 9.79 Å². The van der Waals surface area contributed by atoms with Gasteiger partial charge in [-0.25, -0.2) is 0 Å². The van der Waals surface area contributed by atoms with Crippen molar-refractivity contribution >= 4 is 41.5 Å². The normalized spacial score (nSPS) is 18.7. The molecule has 1 heterocycles. The molecule has 2 N–H and O–H groups in total. The number of amides is 1. The van der Waals surface area contributed by atoms with Crippen LogP contribution in [0.3, 0.4) is 0 Å². The largest absolute Gasteiger partial charge is 0.352 e. The van der Waals surface area contributed by atoms with Crippen LogP contribution in [0.1, 0.15) is 44.6 Å². The first kappa shape index (κ1) is 21.0. The number of nitrogens with zero attached hydrogens (tertiary/aromatic N) is 2. The van der Waals surface area contributed by atoms with E-state index in [1.807, 2.05) is 19.2 Å². The Morgan fingerprint density at radius 1 is 1.23 bits per heavy atom. The number of hydrogen-bond acceptors (Lipinski definition) is 2. The van der Waals surface area contributed by atoms with E-state index in [9.17, 15) is 4.79 Å². The van der Waals surface area contributed by atoms with Crippen LogP contribution in [0.5, 0.6) is 0 Å².